The molecule has 0 spiro atoms. The maximum atomic E-state index is 11.4. The molecular weight excluding hydrogens is 284 g/mol. The Kier molecular flexibility index (Phi) is 6.06. The number of hydrogen-bond acceptors (Lipinski definition) is 5. The minimum Gasteiger partial charge on any atom is -0.474 e. The summed E-state index contributed by atoms with van der Waals surface area (Å²) in [7, 11) is 0. The highest BCUT2D eigenvalue weighted by atomic mass is 32.1. The Morgan fingerprint density at radius 1 is 1.57 bits per heavy atom. The van der Waals surface area contributed by atoms with Crippen molar-refractivity contribution in [1.82, 2.24) is 10.3 Å². The lowest BCUT2D eigenvalue weighted by Gasteiger charge is -2.36. The van der Waals surface area contributed by atoms with Crippen molar-refractivity contribution in [3.63, 3.8) is 0 Å². The van der Waals surface area contributed by atoms with Gasteiger partial charge in [0.05, 0.1) is 0 Å². The van der Waals surface area contributed by atoms with Crippen molar-refractivity contribution in [3.8, 4) is 5.88 Å². The number of nitrogens with zero attached hydrogens (tertiary/aromatic N) is 1. The number of aromatic nitrogens is 1. The summed E-state index contributed by atoms with van der Waals surface area (Å²) in [5.41, 5.74) is 1.11. The van der Waals surface area contributed by atoms with Gasteiger partial charge in [-0.3, -0.25) is 4.79 Å². The van der Waals surface area contributed by atoms with E-state index in [0.29, 0.717) is 30.5 Å². The zero-order chi connectivity index (χ0) is 15.2. The molecule has 0 radical (unpaired) electrons. The first-order valence-electron chi connectivity index (χ1n) is 7.64. The molecule has 1 unspecified atom stereocenters. The van der Waals surface area contributed by atoms with E-state index in [0.717, 1.165) is 24.8 Å². The maximum absolute atomic E-state index is 11.4. The van der Waals surface area contributed by atoms with Crippen molar-refractivity contribution in [1.29, 1.82) is 0 Å². The van der Waals surface area contributed by atoms with E-state index in [1.165, 1.54) is 0 Å². The third-order valence-corrected chi connectivity index (χ3v) is 3.89. The average Bonchev–Trinajstić information content (AvgIpc) is 2.42. The summed E-state index contributed by atoms with van der Waals surface area (Å²) < 4.78 is 5.87. The highest BCUT2D eigenvalue weighted by Gasteiger charge is 2.31. The van der Waals surface area contributed by atoms with E-state index in [9.17, 15) is 4.79 Å². The second kappa shape index (κ2) is 7.80. The molecule has 0 saturated heterocycles. The van der Waals surface area contributed by atoms with Gasteiger partial charge in [0, 0.05) is 36.5 Å². The van der Waals surface area contributed by atoms with Gasteiger partial charge in [-0.1, -0.05) is 6.92 Å². The SMILES string of the molecule is CCC(=O)CCc1ccnc(O[C@H]2C[C@H](NC(C)S)C2)c1. The van der Waals surface area contributed by atoms with Crippen LogP contribution in [0.5, 0.6) is 5.88 Å². The van der Waals surface area contributed by atoms with E-state index < -0.39 is 0 Å². The Balaban J connectivity index is 1.78. The van der Waals surface area contributed by atoms with E-state index in [4.69, 9.17) is 4.74 Å². The van der Waals surface area contributed by atoms with Gasteiger partial charge in [-0.15, -0.1) is 0 Å². The van der Waals surface area contributed by atoms with Gasteiger partial charge in [0.25, 0.3) is 0 Å². The van der Waals surface area contributed by atoms with Crippen LogP contribution in [0.2, 0.25) is 0 Å². The molecule has 1 fully saturated rings. The van der Waals surface area contributed by atoms with E-state index in [-0.39, 0.29) is 11.5 Å². The summed E-state index contributed by atoms with van der Waals surface area (Å²) in [4.78, 5) is 15.6. The molecule has 1 N–H and O–H groups in total. The van der Waals surface area contributed by atoms with Crippen molar-refractivity contribution in [2.45, 2.75) is 63.5 Å². The number of rotatable bonds is 8. The van der Waals surface area contributed by atoms with Gasteiger partial charge < -0.3 is 10.1 Å². The minimum atomic E-state index is 0.216. The average molecular weight is 308 g/mol. The molecule has 2 rings (SSSR count). The standard InChI is InChI=1S/C16H24N2O2S/c1-3-14(19)5-4-12-6-7-17-16(8-12)20-15-9-13(10-15)18-11(2)21/h6-8,11,13,15,18,21H,3-5,9-10H2,1-2H3/t11?,13-,15-. The highest BCUT2D eigenvalue weighted by Crippen LogP contribution is 2.26. The Morgan fingerprint density at radius 2 is 2.33 bits per heavy atom. The molecule has 1 atom stereocenters. The molecule has 1 aliphatic rings. The zero-order valence-corrected chi connectivity index (χ0v) is 13.6. The molecule has 1 saturated carbocycles. The van der Waals surface area contributed by atoms with E-state index in [2.05, 4.69) is 22.9 Å². The normalized spacial score (nSPS) is 22.4. The van der Waals surface area contributed by atoms with Crippen molar-refractivity contribution in [2.24, 2.45) is 0 Å². The van der Waals surface area contributed by atoms with Crippen LogP contribution in [-0.4, -0.2) is 28.3 Å². The number of ether oxygens (including phenoxy) is 1. The first-order chi connectivity index (χ1) is 10.1. The molecule has 5 heteroatoms. The second-order valence-corrected chi connectivity index (χ2v) is 6.42. The molecule has 21 heavy (non-hydrogen) atoms. The Bertz CT molecular complexity index is 473. The summed E-state index contributed by atoms with van der Waals surface area (Å²) in [5.74, 6) is 0.960. The van der Waals surface area contributed by atoms with Crippen LogP contribution in [-0.2, 0) is 11.2 Å². The lowest BCUT2D eigenvalue weighted by atomic mass is 9.89. The molecular formula is C16H24N2O2S. The van der Waals surface area contributed by atoms with Crippen LogP contribution in [0, 0.1) is 0 Å². The van der Waals surface area contributed by atoms with Gasteiger partial charge in [-0.2, -0.15) is 12.6 Å². The van der Waals surface area contributed by atoms with Crippen LogP contribution in [0.3, 0.4) is 0 Å². The number of Topliss-reactive ketones (excluding diaryl/α,β-unsaturated/α-hetero) is 1. The summed E-state index contributed by atoms with van der Waals surface area (Å²) in [6, 6.07) is 4.39. The van der Waals surface area contributed by atoms with Gasteiger partial charge in [-0.05, 0) is 37.8 Å². The van der Waals surface area contributed by atoms with Crippen molar-refractivity contribution in [2.75, 3.05) is 0 Å². The molecule has 0 amide bonds. The molecule has 1 aromatic rings. The first kappa shape index (κ1) is 16.3. The van der Waals surface area contributed by atoms with Crippen LogP contribution in [0.1, 0.15) is 45.1 Å². The molecule has 0 aromatic carbocycles. The maximum Gasteiger partial charge on any atom is 0.213 e. The summed E-state index contributed by atoms with van der Waals surface area (Å²) in [6.45, 7) is 3.93. The molecule has 1 aliphatic carbocycles. The quantitative estimate of drug-likeness (QED) is 0.573. The predicted molar refractivity (Wildman–Crippen MR) is 86.9 cm³/mol. The van der Waals surface area contributed by atoms with Gasteiger partial charge in [0.15, 0.2) is 0 Å². The zero-order valence-electron chi connectivity index (χ0n) is 12.7. The van der Waals surface area contributed by atoms with Gasteiger partial charge in [0.1, 0.15) is 11.9 Å². The fourth-order valence-electron chi connectivity index (χ4n) is 2.44. The number of pyridine rings is 1. The van der Waals surface area contributed by atoms with Crippen LogP contribution in [0.15, 0.2) is 18.3 Å². The minimum absolute atomic E-state index is 0.216. The van der Waals surface area contributed by atoms with E-state index >= 15 is 0 Å². The third kappa shape index (κ3) is 5.32. The molecule has 0 bridgehead atoms. The highest BCUT2D eigenvalue weighted by molar-refractivity contribution is 7.80. The van der Waals surface area contributed by atoms with Gasteiger partial charge in [-0.25, -0.2) is 4.98 Å². The molecule has 0 aliphatic heterocycles. The van der Waals surface area contributed by atoms with Crippen LogP contribution >= 0.6 is 12.6 Å². The van der Waals surface area contributed by atoms with E-state index in [1.54, 1.807) is 6.20 Å². The summed E-state index contributed by atoms with van der Waals surface area (Å²) >= 11 is 4.32. The molecule has 1 heterocycles. The fourth-order valence-corrected chi connectivity index (χ4v) is 2.65. The number of ketones is 1. The van der Waals surface area contributed by atoms with E-state index in [1.807, 2.05) is 26.0 Å². The Hall–Kier alpha value is -1.07. The first-order valence-corrected chi connectivity index (χ1v) is 8.16. The van der Waals surface area contributed by atoms with Crippen LogP contribution in [0.25, 0.3) is 0 Å². The predicted octanol–water partition coefficient (Wildman–Crippen LogP) is 2.77. The molecule has 116 valence electrons. The number of carbonyl (C=O) groups is 1. The number of aryl methyl sites for hydroxylation is 1. The van der Waals surface area contributed by atoms with Gasteiger partial charge >= 0.3 is 0 Å². The second-order valence-electron chi connectivity index (χ2n) is 5.65. The van der Waals surface area contributed by atoms with Crippen molar-refractivity contribution < 1.29 is 9.53 Å². The smallest absolute Gasteiger partial charge is 0.213 e. The third-order valence-electron chi connectivity index (χ3n) is 3.75. The lowest BCUT2D eigenvalue weighted by Crippen LogP contribution is -2.48. The number of carbonyl (C=O) groups excluding carboxylic acids is 1. The topological polar surface area (TPSA) is 51.2 Å². The molecule has 4 nitrogen and oxygen atoms in total. The number of nitrogens with one attached hydrogen (secondary N) is 1. The summed E-state index contributed by atoms with van der Waals surface area (Å²) in [5, 5.41) is 3.59. The summed E-state index contributed by atoms with van der Waals surface area (Å²) in [6.07, 6.45) is 5.93. The fraction of sp³-hybridized carbons (Fsp3) is 0.625. The van der Waals surface area contributed by atoms with Crippen molar-refractivity contribution in [3.05, 3.63) is 23.9 Å². The lowest BCUT2D eigenvalue weighted by molar-refractivity contribution is -0.118. The Labute approximate surface area is 132 Å². The largest absolute Gasteiger partial charge is 0.474 e. The monoisotopic (exact) mass is 308 g/mol. The Morgan fingerprint density at radius 3 is 3.00 bits per heavy atom. The molecule has 1 aromatic heterocycles. The number of thiol groups is 1. The van der Waals surface area contributed by atoms with Crippen LogP contribution in [0.4, 0.5) is 0 Å². The van der Waals surface area contributed by atoms with Crippen LogP contribution < -0.4 is 10.1 Å². The van der Waals surface area contributed by atoms with Gasteiger partial charge in [0.2, 0.25) is 5.88 Å². The number of hydrogen-bond donors (Lipinski definition) is 2. The van der Waals surface area contributed by atoms with Crippen molar-refractivity contribution >= 4 is 18.4 Å².